The van der Waals surface area contributed by atoms with Gasteiger partial charge in [-0.2, -0.15) is 0 Å². The second kappa shape index (κ2) is 11.8. The van der Waals surface area contributed by atoms with Crippen LogP contribution in [0.4, 0.5) is 0 Å². The molecule has 2 heterocycles. The standard InChI is InChI=1S/C30H36N2S.C4H10/c1-18(2)30(8,9)25-13-11-10-12-24(25)29-31-26(27-22(6)17-33-23(27)7)16-32(29)28-20(4)14-19(3)15-21(28)5;1-3-4-2/h10-18H,1-9H3;3-4H2,1-2H3. The molecular weight excluding hydrogens is 468 g/mol. The normalized spacial score (nSPS) is 11.6. The van der Waals surface area contributed by atoms with Crippen molar-refractivity contribution in [1.29, 1.82) is 0 Å². The third-order valence-corrected chi connectivity index (χ3v) is 8.83. The van der Waals surface area contributed by atoms with Gasteiger partial charge >= 0.3 is 0 Å². The SMILES string of the molecule is CCCC.Cc1cc(C)c(-n2cc(-c3c(C)csc3C)nc2-c2ccccc2C(C)(C)C(C)C)c(C)c1. The van der Waals surface area contributed by atoms with Gasteiger partial charge in [-0.05, 0) is 73.6 Å². The van der Waals surface area contributed by atoms with Crippen LogP contribution in [0.1, 0.15) is 87.1 Å². The van der Waals surface area contributed by atoms with E-state index in [1.165, 1.54) is 62.4 Å². The number of nitrogens with zero attached hydrogens (tertiary/aromatic N) is 2. The number of aromatic nitrogens is 2. The third kappa shape index (κ3) is 5.93. The van der Waals surface area contributed by atoms with Crippen LogP contribution in [0.5, 0.6) is 0 Å². The molecule has 0 saturated carbocycles. The van der Waals surface area contributed by atoms with Gasteiger partial charge in [0.05, 0.1) is 11.4 Å². The van der Waals surface area contributed by atoms with E-state index in [9.17, 15) is 0 Å². The number of benzene rings is 2. The van der Waals surface area contributed by atoms with Crippen LogP contribution in [-0.4, -0.2) is 9.55 Å². The van der Waals surface area contributed by atoms with Crippen molar-refractivity contribution in [1.82, 2.24) is 9.55 Å². The van der Waals surface area contributed by atoms with Gasteiger partial charge in [0.2, 0.25) is 0 Å². The largest absolute Gasteiger partial charge is 0.299 e. The van der Waals surface area contributed by atoms with Crippen molar-refractivity contribution in [3.8, 4) is 28.3 Å². The summed E-state index contributed by atoms with van der Waals surface area (Å²) in [6.45, 7) is 24.7. The van der Waals surface area contributed by atoms with Crippen LogP contribution in [0.25, 0.3) is 28.3 Å². The quantitative estimate of drug-likeness (QED) is 0.250. The van der Waals surface area contributed by atoms with E-state index in [0.717, 1.165) is 11.5 Å². The summed E-state index contributed by atoms with van der Waals surface area (Å²) in [5.74, 6) is 1.53. The van der Waals surface area contributed by atoms with E-state index in [2.05, 4.69) is 129 Å². The number of unbranched alkanes of at least 4 members (excludes halogenated alkanes) is 1. The maximum Gasteiger partial charge on any atom is 0.145 e. The Morgan fingerprint density at radius 2 is 1.49 bits per heavy atom. The predicted molar refractivity (Wildman–Crippen MR) is 164 cm³/mol. The number of aryl methyl sites for hydroxylation is 5. The average molecular weight is 515 g/mol. The summed E-state index contributed by atoms with van der Waals surface area (Å²) >= 11 is 1.80. The lowest BCUT2D eigenvalue weighted by Crippen LogP contribution is -2.25. The maximum absolute atomic E-state index is 5.33. The summed E-state index contributed by atoms with van der Waals surface area (Å²) in [5, 5.41) is 2.24. The molecule has 4 aromatic rings. The molecule has 0 saturated heterocycles. The summed E-state index contributed by atoms with van der Waals surface area (Å²) in [5.41, 5.74) is 11.3. The minimum absolute atomic E-state index is 0.0269. The van der Waals surface area contributed by atoms with Gasteiger partial charge in [-0.25, -0.2) is 4.98 Å². The van der Waals surface area contributed by atoms with E-state index in [4.69, 9.17) is 4.98 Å². The maximum atomic E-state index is 5.33. The second-order valence-electron chi connectivity index (χ2n) is 11.3. The Bertz CT molecular complexity index is 1310. The zero-order valence-corrected chi connectivity index (χ0v) is 25.7. The first-order valence-electron chi connectivity index (χ1n) is 13.8. The van der Waals surface area contributed by atoms with Crippen LogP contribution in [-0.2, 0) is 5.41 Å². The number of hydrogen-bond acceptors (Lipinski definition) is 2. The summed E-state index contributed by atoms with van der Waals surface area (Å²) in [7, 11) is 0. The number of rotatable bonds is 6. The minimum atomic E-state index is 0.0269. The van der Waals surface area contributed by atoms with Crippen LogP contribution in [0.3, 0.4) is 0 Å². The van der Waals surface area contributed by atoms with Gasteiger partial charge < -0.3 is 0 Å². The predicted octanol–water partition coefficient (Wildman–Crippen LogP) is 10.5. The molecule has 4 rings (SSSR count). The Morgan fingerprint density at radius 3 is 2.00 bits per heavy atom. The van der Waals surface area contributed by atoms with Crippen molar-refractivity contribution in [2.75, 3.05) is 0 Å². The Hall–Kier alpha value is -2.65. The minimum Gasteiger partial charge on any atom is -0.299 e. The van der Waals surface area contributed by atoms with E-state index in [0.29, 0.717) is 5.92 Å². The van der Waals surface area contributed by atoms with Gasteiger partial charge in [0.15, 0.2) is 0 Å². The molecule has 0 aliphatic heterocycles. The molecule has 0 bridgehead atoms. The van der Waals surface area contributed by atoms with Gasteiger partial charge in [0.1, 0.15) is 5.82 Å². The lowest BCUT2D eigenvalue weighted by Gasteiger charge is -2.32. The molecule has 0 fully saturated rings. The molecule has 0 aliphatic rings. The van der Waals surface area contributed by atoms with Crippen LogP contribution in [0.15, 0.2) is 48.0 Å². The van der Waals surface area contributed by atoms with Crippen molar-refractivity contribution in [2.45, 2.75) is 94.4 Å². The van der Waals surface area contributed by atoms with Gasteiger partial charge in [-0.1, -0.05) is 96.3 Å². The molecule has 198 valence electrons. The highest BCUT2D eigenvalue weighted by atomic mass is 32.1. The summed E-state index contributed by atoms with van der Waals surface area (Å²) in [6.07, 6.45) is 4.89. The van der Waals surface area contributed by atoms with Crippen molar-refractivity contribution >= 4 is 11.3 Å². The Kier molecular flexibility index (Phi) is 9.23. The molecule has 2 aromatic heterocycles. The molecule has 3 heteroatoms. The Balaban J connectivity index is 0.000000886. The molecule has 0 amide bonds. The van der Waals surface area contributed by atoms with Crippen LogP contribution < -0.4 is 0 Å². The zero-order valence-electron chi connectivity index (χ0n) is 24.9. The number of hydrogen-bond donors (Lipinski definition) is 0. The van der Waals surface area contributed by atoms with Crippen molar-refractivity contribution < 1.29 is 0 Å². The number of thiophene rings is 1. The highest BCUT2D eigenvalue weighted by molar-refractivity contribution is 7.10. The van der Waals surface area contributed by atoms with Crippen LogP contribution in [0, 0.1) is 40.5 Å². The topological polar surface area (TPSA) is 17.8 Å². The molecule has 0 radical (unpaired) electrons. The second-order valence-corrected chi connectivity index (χ2v) is 12.4. The number of imidazole rings is 1. The van der Waals surface area contributed by atoms with E-state index in [-0.39, 0.29) is 5.41 Å². The summed E-state index contributed by atoms with van der Waals surface area (Å²) in [6, 6.07) is 13.4. The van der Waals surface area contributed by atoms with E-state index in [1.54, 1.807) is 11.3 Å². The fourth-order valence-corrected chi connectivity index (χ4v) is 5.77. The fourth-order valence-electron chi connectivity index (χ4n) is 4.92. The molecule has 0 aliphatic carbocycles. The molecule has 0 atom stereocenters. The Morgan fingerprint density at radius 1 is 0.892 bits per heavy atom. The first-order chi connectivity index (χ1) is 17.4. The lowest BCUT2D eigenvalue weighted by molar-refractivity contribution is 0.373. The van der Waals surface area contributed by atoms with Gasteiger partial charge in [-0.3, -0.25) is 4.57 Å². The van der Waals surface area contributed by atoms with E-state index >= 15 is 0 Å². The monoisotopic (exact) mass is 514 g/mol. The van der Waals surface area contributed by atoms with Crippen molar-refractivity contribution in [3.63, 3.8) is 0 Å². The first kappa shape index (κ1) is 28.9. The molecule has 37 heavy (non-hydrogen) atoms. The molecule has 2 aromatic carbocycles. The van der Waals surface area contributed by atoms with Gasteiger partial charge in [0, 0.05) is 22.2 Å². The Labute approximate surface area is 229 Å². The van der Waals surface area contributed by atoms with Gasteiger partial charge in [0.25, 0.3) is 0 Å². The van der Waals surface area contributed by atoms with E-state index in [1.807, 2.05) is 0 Å². The van der Waals surface area contributed by atoms with Crippen molar-refractivity contribution in [3.05, 3.63) is 80.7 Å². The van der Waals surface area contributed by atoms with Crippen LogP contribution in [0.2, 0.25) is 0 Å². The third-order valence-electron chi connectivity index (χ3n) is 7.80. The lowest BCUT2D eigenvalue weighted by atomic mass is 9.73. The molecule has 0 spiro atoms. The van der Waals surface area contributed by atoms with Crippen LogP contribution >= 0.6 is 11.3 Å². The van der Waals surface area contributed by atoms with Crippen molar-refractivity contribution in [2.24, 2.45) is 5.92 Å². The smallest absolute Gasteiger partial charge is 0.145 e. The molecular formula is C34H46N2S. The van der Waals surface area contributed by atoms with Gasteiger partial charge in [-0.15, -0.1) is 11.3 Å². The zero-order chi connectivity index (χ0) is 27.5. The summed E-state index contributed by atoms with van der Waals surface area (Å²) < 4.78 is 2.34. The molecule has 2 nitrogen and oxygen atoms in total. The average Bonchev–Trinajstić information content (AvgIpc) is 3.40. The highest BCUT2D eigenvalue weighted by Gasteiger charge is 2.29. The summed E-state index contributed by atoms with van der Waals surface area (Å²) in [4.78, 5) is 6.65. The highest BCUT2D eigenvalue weighted by Crippen LogP contribution is 2.41. The van der Waals surface area contributed by atoms with E-state index < -0.39 is 0 Å². The molecule has 0 unspecified atom stereocenters. The first-order valence-corrected chi connectivity index (χ1v) is 14.6. The fraction of sp³-hybridized carbons (Fsp3) is 0.441. The molecule has 0 N–H and O–H groups in total.